The Kier molecular flexibility index (Phi) is 3.52. The smallest absolute Gasteiger partial charge is 0.122 e. The van der Waals surface area contributed by atoms with E-state index in [1.54, 1.807) is 12.1 Å². The summed E-state index contributed by atoms with van der Waals surface area (Å²) in [5, 5.41) is 10.7. The highest BCUT2D eigenvalue weighted by atomic mass is 16.5. The van der Waals surface area contributed by atoms with Crippen LogP contribution in [0.3, 0.4) is 0 Å². The number of para-hydroxylation sites is 1. The monoisotopic (exact) mass is 226 g/mol. The van der Waals surface area contributed by atoms with Gasteiger partial charge in [0.05, 0.1) is 11.4 Å². The Morgan fingerprint density at radius 3 is 2.29 bits per heavy atom. The van der Waals surface area contributed by atoms with Crippen molar-refractivity contribution in [3.63, 3.8) is 0 Å². The molecular weight excluding hydrogens is 212 g/mol. The van der Waals surface area contributed by atoms with Crippen molar-refractivity contribution in [2.75, 3.05) is 5.06 Å². The SMILES string of the molecule is Cc1ccc(N=CN(O)c2ccccc2)cc1. The van der Waals surface area contributed by atoms with Crippen LogP contribution in [0.2, 0.25) is 0 Å². The maximum atomic E-state index is 9.72. The lowest BCUT2D eigenvalue weighted by molar-refractivity contribution is 0.317. The minimum atomic E-state index is 0.684. The van der Waals surface area contributed by atoms with Crippen molar-refractivity contribution in [3.05, 3.63) is 60.2 Å². The van der Waals surface area contributed by atoms with E-state index < -0.39 is 0 Å². The fraction of sp³-hybridized carbons (Fsp3) is 0.0714. The van der Waals surface area contributed by atoms with Crippen LogP contribution in [-0.4, -0.2) is 11.5 Å². The summed E-state index contributed by atoms with van der Waals surface area (Å²) in [6.07, 6.45) is 1.39. The molecule has 0 fully saturated rings. The van der Waals surface area contributed by atoms with E-state index in [-0.39, 0.29) is 0 Å². The molecule has 0 atom stereocenters. The number of hydrogen-bond donors (Lipinski definition) is 1. The number of hydrogen-bond acceptors (Lipinski definition) is 2. The van der Waals surface area contributed by atoms with E-state index in [1.807, 2.05) is 49.4 Å². The highest BCUT2D eigenvalue weighted by molar-refractivity contribution is 5.78. The number of anilines is 1. The molecule has 0 spiro atoms. The molecule has 0 aliphatic carbocycles. The van der Waals surface area contributed by atoms with Gasteiger partial charge in [-0.15, -0.1) is 0 Å². The zero-order valence-electron chi connectivity index (χ0n) is 9.62. The molecule has 0 radical (unpaired) electrons. The van der Waals surface area contributed by atoms with Gasteiger partial charge in [0.25, 0.3) is 0 Å². The van der Waals surface area contributed by atoms with E-state index in [9.17, 15) is 5.21 Å². The molecule has 2 aromatic carbocycles. The molecule has 3 nitrogen and oxygen atoms in total. The Bertz CT molecular complexity index is 491. The summed E-state index contributed by atoms with van der Waals surface area (Å²) in [6, 6.07) is 17.0. The fourth-order valence-corrected chi connectivity index (χ4v) is 1.40. The van der Waals surface area contributed by atoms with Crippen molar-refractivity contribution in [1.82, 2.24) is 0 Å². The zero-order valence-corrected chi connectivity index (χ0v) is 9.62. The molecule has 0 bridgehead atoms. The molecule has 17 heavy (non-hydrogen) atoms. The summed E-state index contributed by atoms with van der Waals surface area (Å²) in [4.78, 5) is 4.17. The molecule has 0 saturated heterocycles. The molecule has 0 unspecified atom stereocenters. The van der Waals surface area contributed by atoms with Crippen molar-refractivity contribution < 1.29 is 5.21 Å². The van der Waals surface area contributed by atoms with Gasteiger partial charge in [0.15, 0.2) is 0 Å². The van der Waals surface area contributed by atoms with Crippen LogP contribution < -0.4 is 5.06 Å². The number of aliphatic imine (C=N–C) groups is 1. The number of benzene rings is 2. The largest absolute Gasteiger partial charge is 0.283 e. The average Bonchev–Trinajstić information content (AvgIpc) is 2.39. The first-order valence-corrected chi connectivity index (χ1v) is 5.40. The van der Waals surface area contributed by atoms with Gasteiger partial charge in [-0.05, 0) is 31.2 Å². The Morgan fingerprint density at radius 2 is 1.65 bits per heavy atom. The van der Waals surface area contributed by atoms with E-state index in [0.29, 0.717) is 5.69 Å². The number of hydroxylamine groups is 1. The second-order valence-electron chi connectivity index (χ2n) is 3.76. The highest BCUT2D eigenvalue weighted by Crippen LogP contribution is 2.13. The maximum Gasteiger partial charge on any atom is 0.122 e. The van der Waals surface area contributed by atoms with Gasteiger partial charge in [0.1, 0.15) is 6.34 Å². The van der Waals surface area contributed by atoms with Crippen LogP contribution in [0.25, 0.3) is 0 Å². The molecular formula is C14H14N2O. The molecule has 0 saturated carbocycles. The summed E-state index contributed by atoms with van der Waals surface area (Å²) in [5.41, 5.74) is 2.68. The summed E-state index contributed by atoms with van der Waals surface area (Å²) in [7, 11) is 0. The van der Waals surface area contributed by atoms with Crippen LogP contribution in [0.1, 0.15) is 5.56 Å². The van der Waals surface area contributed by atoms with E-state index in [1.165, 1.54) is 11.9 Å². The Hall–Kier alpha value is -2.13. The maximum absolute atomic E-state index is 9.72. The highest BCUT2D eigenvalue weighted by Gasteiger charge is 1.97. The average molecular weight is 226 g/mol. The second kappa shape index (κ2) is 5.27. The lowest BCUT2D eigenvalue weighted by Crippen LogP contribution is -2.14. The molecule has 1 N–H and O–H groups in total. The van der Waals surface area contributed by atoms with Gasteiger partial charge in [-0.1, -0.05) is 35.9 Å². The first-order chi connectivity index (χ1) is 8.25. The van der Waals surface area contributed by atoms with Gasteiger partial charge in [-0.25, -0.2) is 10.1 Å². The Morgan fingerprint density at radius 1 is 1.00 bits per heavy atom. The molecule has 0 amide bonds. The predicted octanol–water partition coefficient (Wildman–Crippen LogP) is 3.55. The lowest BCUT2D eigenvalue weighted by atomic mass is 10.2. The fourth-order valence-electron chi connectivity index (χ4n) is 1.40. The molecule has 0 aliphatic rings. The number of rotatable bonds is 3. The van der Waals surface area contributed by atoms with Gasteiger partial charge in [-0.3, -0.25) is 5.21 Å². The first-order valence-electron chi connectivity index (χ1n) is 5.40. The normalized spacial score (nSPS) is 10.7. The summed E-state index contributed by atoms with van der Waals surface area (Å²) in [5.74, 6) is 0. The third kappa shape index (κ3) is 3.16. The van der Waals surface area contributed by atoms with Crippen LogP contribution in [-0.2, 0) is 0 Å². The van der Waals surface area contributed by atoms with Crippen LogP contribution in [0.5, 0.6) is 0 Å². The van der Waals surface area contributed by atoms with Crippen LogP contribution in [0, 0.1) is 6.92 Å². The summed E-state index contributed by atoms with van der Waals surface area (Å²) < 4.78 is 0. The van der Waals surface area contributed by atoms with Crippen LogP contribution in [0.4, 0.5) is 11.4 Å². The van der Waals surface area contributed by atoms with Gasteiger partial charge in [0, 0.05) is 0 Å². The number of aryl methyl sites for hydroxylation is 1. The van der Waals surface area contributed by atoms with Gasteiger partial charge in [-0.2, -0.15) is 0 Å². The molecule has 2 rings (SSSR count). The molecule has 86 valence electrons. The zero-order chi connectivity index (χ0) is 12.1. The van der Waals surface area contributed by atoms with Crippen LogP contribution >= 0.6 is 0 Å². The topological polar surface area (TPSA) is 35.8 Å². The van der Waals surface area contributed by atoms with E-state index in [4.69, 9.17) is 0 Å². The molecule has 0 aromatic heterocycles. The van der Waals surface area contributed by atoms with Crippen LogP contribution in [0.15, 0.2) is 59.6 Å². The lowest BCUT2D eigenvalue weighted by Gasteiger charge is -2.09. The first kappa shape index (κ1) is 11.4. The van der Waals surface area contributed by atoms with Crippen molar-refractivity contribution in [1.29, 1.82) is 0 Å². The van der Waals surface area contributed by atoms with E-state index >= 15 is 0 Å². The summed E-state index contributed by atoms with van der Waals surface area (Å²) >= 11 is 0. The third-order valence-electron chi connectivity index (χ3n) is 2.37. The third-order valence-corrected chi connectivity index (χ3v) is 2.37. The van der Waals surface area contributed by atoms with Crippen molar-refractivity contribution in [2.24, 2.45) is 4.99 Å². The molecule has 3 heteroatoms. The quantitative estimate of drug-likeness (QED) is 0.493. The molecule has 2 aromatic rings. The second-order valence-corrected chi connectivity index (χ2v) is 3.76. The minimum Gasteiger partial charge on any atom is -0.283 e. The van der Waals surface area contributed by atoms with Gasteiger partial charge < -0.3 is 0 Å². The standard InChI is InChI=1S/C14H14N2O/c1-12-7-9-13(10-8-12)15-11-16(17)14-5-3-2-4-6-14/h2-11,17H,1H3. The number of nitrogens with zero attached hydrogens (tertiary/aromatic N) is 2. The van der Waals surface area contributed by atoms with Crippen molar-refractivity contribution in [2.45, 2.75) is 6.92 Å². The minimum absolute atomic E-state index is 0.684. The van der Waals surface area contributed by atoms with Gasteiger partial charge in [0.2, 0.25) is 0 Å². The molecule has 0 aliphatic heterocycles. The Balaban J connectivity index is 2.08. The predicted molar refractivity (Wildman–Crippen MR) is 70.0 cm³/mol. The van der Waals surface area contributed by atoms with Gasteiger partial charge >= 0.3 is 0 Å². The Labute approximate surface area is 101 Å². The van der Waals surface area contributed by atoms with E-state index in [0.717, 1.165) is 10.8 Å². The molecule has 0 heterocycles. The van der Waals surface area contributed by atoms with Crippen molar-refractivity contribution in [3.8, 4) is 0 Å². The summed E-state index contributed by atoms with van der Waals surface area (Å²) in [6.45, 7) is 2.02. The van der Waals surface area contributed by atoms with E-state index in [2.05, 4.69) is 4.99 Å². The van der Waals surface area contributed by atoms with Crippen molar-refractivity contribution >= 4 is 17.7 Å².